The van der Waals surface area contributed by atoms with E-state index in [9.17, 15) is 0 Å². The zero-order chi connectivity index (χ0) is 11.0. The molecule has 0 N–H and O–H groups in total. The fourth-order valence-corrected chi connectivity index (χ4v) is 2.39. The zero-order valence-electron chi connectivity index (χ0n) is 8.74. The molecule has 2 heteroatoms. The topological polar surface area (TPSA) is 9.23 Å². The van der Waals surface area contributed by atoms with Gasteiger partial charge in [0, 0.05) is 22.9 Å². The Hall–Kier alpha value is -1.47. The van der Waals surface area contributed by atoms with Crippen LogP contribution in [-0.2, 0) is 0 Å². The molecule has 0 saturated carbocycles. The van der Waals surface area contributed by atoms with Crippen molar-refractivity contribution < 1.29 is 4.74 Å². The second kappa shape index (κ2) is 3.84. The first-order chi connectivity index (χ1) is 7.90. The van der Waals surface area contributed by atoms with E-state index in [1.54, 1.807) is 5.54 Å². The molecule has 0 spiro atoms. The molecule has 0 atom stereocenters. The normalized spacial score (nSPS) is 17.2. The summed E-state index contributed by atoms with van der Waals surface area (Å²) < 4.78 is 5.77. The second-order valence-electron chi connectivity index (χ2n) is 3.90. The molecule has 0 radical (unpaired) electrons. The van der Waals surface area contributed by atoms with Crippen molar-refractivity contribution in [2.45, 2.75) is 6.42 Å². The van der Waals surface area contributed by atoms with Gasteiger partial charge in [0.15, 0.2) is 0 Å². The standard InChI is InChI=1S/C14H11ClO/c15-9-11-7-8-16-14-12-4-2-1-3-10(12)5-6-13(11)14/h1-6,9H,7-8H2/b11-9-. The fourth-order valence-electron chi connectivity index (χ4n) is 2.16. The Morgan fingerprint density at radius 3 is 2.88 bits per heavy atom. The summed E-state index contributed by atoms with van der Waals surface area (Å²) in [6.45, 7) is 0.708. The summed E-state index contributed by atoms with van der Waals surface area (Å²) in [7, 11) is 0. The molecular formula is C14H11ClO. The predicted octanol–water partition coefficient (Wildman–Crippen LogP) is 4.20. The van der Waals surface area contributed by atoms with Gasteiger partial charge in [-0.25, -0.2) is 0 Å². The van der Waals surface area contributed by atoms with Crippen molar-refractivity contribution in [3.05, 3.63) is 47.5 Å². The van der Waals surface area contributed by atoms with E-state index in [1.165, 1.54) is 5.39 Å². The smallest absolute Gasteiger partial charge is 0.134 e. The maximum Gasteiger partial charge on any atom is 0.134 e. The molecule has 1 aliphatic heterocycles. The van der Waals surface area contributed by atoms with Crippen molar-refractivity contribution in [3.8, 4) is 5.75 Å². The number of benzene rings is 2. The van der Waals surface area contributed by atoms with E-state index < -0.39 is 0 Å². The summed E-state index contributed by atoms with van der Waals surface area (Å²) in [6.07, 6.45) is 0.884. The van der Waals surface area contributed by atoms with Gasteiger partial charge in [-0.1, -0.05) is 48.0 Å². The van der Waals surface area contributed by atoms with Crippen LogP contribution >= 0.6 is 11.6 Å². The minimum atomic E-state index is 0.708. The first-order valence-corrected chi connectivity index (χ1v) is 5.78. The number of hydrogen-bond acceptors (Lipinski definition) is 1. The SMILES string of the molecule is Cl/C=C1/CCOc2c1ccc1ccccc21. The lowest BCUT2D eigenvalue weighted by molar-refractivity contribution is 0.320. The molecule has 0 unspecified atom stereocenters. The predicted molar refractivity (Wildman–Crippen MR) is 67.9 cm³/mol. The number of ether oxygens (including phenoxy) is 1. The van der Waals surface area contributed by atoms with Gasteiger partial charge < -0.3 is 4.74 Å². The molecule has 0 fully saturated rings. The van der Waals surface area contributed by atoms with E-state index >= 15 is 0 Å². The molecular weight excluding hydrogens is 220 g/mol. The maximum absolute atomic E-state index is 5.84. The third-order valence-electron chi connectivity index (χ3n) is 2.98. The highest BCUT2D eigenvalue weighted by Crippen LogP contribution is 2.38. The monoisotopic (exact) mass is 230 g/mol. The van der Waals surface area contributed by atoms with E-state index in [-0.39, 0.29) is 0 Å². The minimum Gasteiger partial charge on any atom is -0.492 e. The molecule has 1 nitrogen and oxygen atoms in total. The van der Waals surface area contributed by atoms with Gasteiger partial charge in [0.05, 0.1) is 6.61 Å². The first kappa shape index (κ1) is 9.73. The highest BCUT2D eigenvalue weighted by molar-refractivity contribution is 6.28. The molecule has 0 amide bonds. The van der Waals surface area contributed by atoms with Gasteiger partial charge in [-0.05, 0) is 11.0 Å². The molecule has 16 heavy (non-hydrogen) atoms. The molecule has 2 aromatic rings. The zero-order valence-corrected chi connectivity index (χ0v) is 9.50. The Kier molecular flexibility index (Phi) is 2.33. The lowest BCUT2D eigenvalue weighted by atomic mass is 9.97. The second-order valence-corrected chi connectivity index (χ2v) is 4.11. The summed E-state index contributed by atoms with van der Waals surface area (Å²) in [5, 5.41) is 2.37. The van der Waals surface area contributed by atoms with Crippen molar-refractivity contribution >= 4 is 27.9 Å². The van der Waals surface area contributed by atoms with Crippen LogP contribution in [0.1, 0.15) is 12.0 Å². The lowest BCUT2D eigenvalue weighted by Gasteiger charge is -2.21. The third kappa shape index (κ3) is 1.40. The quantitative estimate of drug-likeness (QED) is 0.659. The van der Waals surface area contributed by atoms with E-state index in [2.05, 4.69) is 24.3 Å². The van der Waals surface area contributed by atoms with E-state index in [4.69, 9.17) is 16.3 Å². The van der Waals surface area contributed by atoms with Gasteiger partial charge in [0.2, 0.25) is 0 Å². The summed E-state index contributed by atoms with van der Waals surface area (Å²) in [5.74, 6) is 0.969. The van der Waals surface area contributed by atoms with Crippen LogP contribution in [-0.4, -0.2) is 6.61 Å². The van der Waals surface area contributed by atoms with Gasteiger partial charge in [0.25, 0.3) is 0 Å². The molecule has 0 aromatic heterocycles. The Morgan fingerprint density at radius 2 is 2.00 bits per heavy atom. The largest absolute Gasteiger partial charge is 0.492 e. The van der Waals surface area contributed by atoms with Crippen LogP contribution in [0.25, 0.3) is 16.3 Å². The van der Waals surface area contributed by atoms with Gasteiger partial charge in [-0.2, -0.15) is 0 Å². The summed E-state index contributed by atoms with van der Waals surface area (Å²) in [4.78, 5) is 0. The van der Waals surface area contributed by atoms with E-state index in [1.807, 2.05) is 12.1 Å². The number of halogens is 1. The van der Waals surface area contributed by atoms with E-state index in [0.29, 0.717) is 6.61 Å². The summed E-state index contributed by atoms with van der Waals surface area (Å²) >= 11 is 5.84. The number of fused-ring (bicyclic) bond motifs is 3. The molecule has 1 aliphatic rings. The van der Waals surface area contributed by atoms with Crippen molar-refractivity contribution in [1.82, 2.24) is 0 Å². The van der Waals surface area contributed by atoms with Crippen LogP contribution in [0.4, 0.5) is 0 Å². The minimum absolute atomic E-state index is 0.708. The lowest BCUT2D eigenvalue weighted by Crippen LogP contribution is -2.07. The average Bonchev–Trinajstić information content (AvgIpc) is 2.37. The Balaban J connectivity index is 2.34. The van der Waals surface area contributed by atoms with Crippen LogP contribution in [0.5, 0.6) is 5.75 Å². The molecule has 1 heterocycles. The van der Waals surface area contributed by atoms with Crippen LogP contribution in [0, 0.1) is 0 Å². The number of hydrogen-bond donors (Lipinski definition) is 0. The van der Waals surface area contributed by atoms with Crippen molar-refractivity contribution in [2.75, 3.05) is 6.61 Å². The summed E-state index contributed by atoms with van der Waals surface area (Å²) in [6, 6.07) is 12.5. The van der Waals surface area contributed by atoms with Crippen molar-refractivity contribution in [1.29, 1.82) is 0 Å². The van der Waals surface area contributed by atoms with Gasteiger partial charge in [0.1, 0.15) is 5.75 Å². The third-order valence-corrected chi connectivity index (χ3v) is 3.24. The molecule has 2 aromatic carbocycles. The van der Waals surface area contributed by atoms with Gasteiger partial charge >= 0.3 is 0 Å². The molecule has 80 valence electrons. The average molecular weight is 231 g/mol. The molecule has 0 aliphatic carbocycles. The van der Waals surface area contributed by atoms with Crippen LogP contribution in [0.3, 0.4) is 0 Å². The van der Waals surface area contributed by atoms with Crippen molar-refractivity contribution in [3.63, 3.8) is 0 Å². The van der Waals surface area contributed by atoms with Crippen LogP contribution in [0.2, 0.25) is 0 Å². The Bertz CT molecular complexity index is 572. The summed E-state index contributed by atoms with van der Waals surface area (Å²) in [5.41, 5.74) is 3.95. The van der Waals surface area contributed by atoms with E-state index in [0.717, 1.165) is 28.7 Å². The highest BCUT2D eigenvalue weighted by atomic mass is 35.5. The van der Waals surface area contributed by atoms with Crippen LogP contribution < -0.4 is 4.74 Å². The van der Waals surface area contributed by atoms with Crippen molar-refractivity contribution in [2.24, 2.45) is 0 Å². The maximum atomic E-state index is 5.84. The number of rotatable bonds is 0. The van der Waals surface area contributed by atoms with Gasteiger partial charge in [-0.3, -0.25) is 0 Å². The molecule has 0 bridgehead atoms. The fraction of sp³-hybridized carbons (Fsp3) is 0.143. The van der Waals surface area contributed by atoms with Crippen LogP contribution in [0.15, 0.2) is 41.9 Å². The first-order valence-electron chi connectivity index (χ1n) is 5.34. The Morgan fingerprint density at radius 1 is 1.12 bits per heavy atom. The molecule has 3 rings (SSSR count). The molecule has 0 saturated heterocycles. The Labute approximate surface area is 99.3 Å². The van der Waals surface area contributed by atoms with Gasteiger partial charge in [-0.15, -0.1) is 0 Å². The highest BCUT2D eigenvalue weighted by Gasteiger charge is 2.17.